The fourth-order valence-corrected chi connectivity index (χ4v) is 2.99. The topological polar surface area (TPSA) is 88.9 Å². The van der Waals surface area contributed by atoms with Gasteiger partial charge in [0.2, 0.25) is 5.75 Å². The summed E-state index contributed by atoms with van der Waals surface area (Å²) in [5.74, 6) is -0.580. The van der Waals surface area contributed by atoms with Crippen LogP contribution in [0.2, 0.25) is 0 Å². The van der Waals surface area contributed by atoms with Gasteiger partial charge >= 0.3 is 0 Å². The van der Waals surface area contributed by atoms with Crippen LogP contribution in [0.3, 0.4) is 0 Å². The van der Waals surface area contributed by atoms with Crippen LogP contribution in [0.4, 0.5) is 5.69 Å². The van der Waals surface area contributed by atoms with Crippen LogP contribution >= 0.6 is 0 Å². The summed E-state index contributed by atoms with van der Waals surface area (Å²) < 4.78 is 15.9. The summed E-state index contributed by atoms with van der Waals surface area (Å²) in [6, 6.07) is 10.5. The van der Waals surface area contributed by atoms with Crippen LogP contribution in [0.5, 0.6) is 17.2 Å². The van der Waals surface area contributed by atoms with E-state index in [0.717, 1.165) is 5.56 Å². The highest BCUT2D eigenvalue weighted by Gasteiger charge is 2.41. The number of rotatable bonds is 5. The van der Waals surface area contributed by atoms with Crippen LogP contribution in [-0.2, 0) is 11.3 Å². The Morgan fingerprint density at radius 3 is 2.38 bits per heavy atom. The van der Waals surface area contributed by atoms with Gasteiger partial charge in [0.15, 0.2) is 11.5 Å². The SMILES string of the molecule is COc1cc2c(c(OC)c1OC)C(=O)C(=O)N2Cc1cccc(C#N)c1. The maximum atomic E-state index is 12.6. The molecular weight excluding hydrogens is 336 g/mol. The number of anilines is 1. The second kappa shape index (κ2) is 6.76. The van der Waals surface area contributed by atoms with Crippen LogP contribution < -0.4 is 19.1 Å². The average Bonchev–Trinajstić information content (AvgIpc) is 2.91. The highest BCUT2D eigenvalue weighted by molar-refractivity contribution is 6.53. The third kappa shape index (κ3) is 2.62. The molecule has 0 fully saturated rings. The van der Waals surface area contributed by atoms with Crippen LogP contribution in [0, 0.1) is 11.3 Å². The zero-order valence-electron chi connectivity index (χ0n) is 14.5. The molecular formula is C19H16N2O5. The molecule has 0 radical (unpaired) electrons. The molecule has 26 heavy (non-hydrogen) atoms. The Balaban J connectivity index is 2.13. The van der Waals surface area contributed by atoms with E-state index >= 15 is 0 Å². The molecule has 0 unspecified atom stereocenters. The number of ketones is 1. The van der Waals surface area contributed by atoms with Crippen molar-refractivity contribution in [2.75, 3.05) is 26.2 Å². The van der Waals surface area contributed by atoms with Crippen molar-refractivity contribution in [3.63, 3.8) is 0 Å². The third-order valence-corrected chi connectivity index (χ3v) is 4.16. The van der Waals surface area contributed by atoms with E-state index in [2.05, 4.69) is 6.07 Å². The fraction of sp³-hybridized carbons (Fsp3) is 0.211. The minimum absolute atomic E-state index is 0.145. The maximum Gasteiger partial charge on any atom is 0.299 e. The highest BCUT2D eigenvalue weighted by atomic mass is 16.5. The molecule has 132 valence electrons. The predicted molar refractivity (Wildman–Crippen MR) is 92.8 cm³/mol. The predicted octanol–water partition coefficient (Wildman–Crippen LogP) is 2.31. The minimum Gasteiger partial charge on any atom is -0.493 e. The highest BCUT2D eigenvalue weighted by Crippen LogP contribution is 2.48. The van der Waals surface area contributed by atoms with E-state index < -0.39 is 11.7 Å². The van der Waals surface area contributed by atoms with Gasteiger partial charge in [0.05, 0.1) is 50.8 Å². The molecule has 0 bridgehead atoms. The average molecular weight is 352 g/mol. The van der Waals surface area contributed by atoms with Crippen LogP contribution in [-0.4, -0.2) is 33.0 Å². The summed E-state index contributed by atoms with van der Waals surface area (Å²) in [6.07, 6.45) is 0. The van der Waals surface area contributed by atoms with Gasteiger partial charge in [-0.25, -0.2) is 0 Å². The largest absolute Gasteiger partial charge is 0.493 e. The first-order valence-electron chi connectivity index (χ1n) is 7.73. The number of benzene rings is 2. The zero-order chi connectivity index (χ0) is 18.8. The Hall–Kier alpha value is -3.53. The van der Waals surface area contributed by atoms with E-state index in [9.17, 15) is 9.59 Å². The van der Waals surface area contributed by atoms with Gasteiger partial charge in [-0.05, 0) is 17.7 Å². The Morgan fingerprint density at radius 2 is 1.77 bits per heavy atom. The summed E-state index contributed by atoms with van der Waals surface area (Å²) in [7, 11) is 4.29. The molecule has 2 aromatic carbocycles. The normalized spacial score (nSPS) is 12.6. The number of fused-ring (bicyclic) bond motifs is 1. The lowest BCUT2D eigenvalue weighted by atomic mass is 10.1. The first kappa shape index (κ1) is 17.3. The summed E-state index contributed by atoms with van der Waals surface area (Å²) in [6.45, 7) is 0.145. The second-order valence-corrected chi connectivity index (χ2v) is 5.57. The lowest BCUT2D eigenvalue weighted by Crippen LogP contribution is -2.29. The van der Waals surface area contributed by atoms with Gasteiger partial charge in [-0.1, -0.05) is 12.1 Å². The van der Waals surface area contributed by atoms with Crippen molar-refractivity contribution in [3.8, 4) is 23.3 Å². The summed E-state index contributed by atoms with van der Waals surface area (Å²) in [4.78, 5) is 26.5. The molecule has 1 heterocycles. The van der Waals surface area contributed by atoms with E-state index in [1.165, 1.54) is 26.2 Å². The lowest BCUT2D eigenvalue weighted by Gasteiger charge is -2.19. The van der Waals surface area contributed by atoms with Crippen molar-refractivity contribution >= 4 is 17.4 Å². The van der Waals surface area contributed by atoms with E-state index in [1.807, 2.05) is 0 Å². The molecule has 2 aromatic rings. The molecule has 0 spiro atoms. The quantitative estimate of drug-likeness (QED) is 0.767. The van der Waals surface area contributed by atoms with Crippen molar-refractivity contribution in [1.29, 1.82) is 5.26 Å². The molecule has 7 heteroatoms. The first-order valence-corrected chi connectivity index (χ1v) is 7.73. The standard InChI is InChI=1S/C19H16N2O5/c1-24-14-8-13-15(18(26-3)17(14)25-2)16(22)19(23)21(13)10-12-6-4-5-11(7-12)9-20/h4-8H,10H2,1-3H3. The van der Waals surface area contributed by atoms with Crippen molar-refractivity contribution in [2.24, 2.45) is 0 Å². The van der Waals surface area contributed by atoms with E-state index in [1.54, 1.807) is 30.3 Å². The van der Waals surface area contributed by atoms with E-state index in [-0.39, 0.29) is 23.6 Å². The van der Waals surface area contributed by atoms with Crippen LogP contribution in [0.15, 0.2) is 30.3 Å². The van der Waals surface area contributed by atoms with Gasteiger partial charge in [-0.3, -0.25) is 9.59 Å². The number of nitriles is 1. The molecule has 1 aliphatic heterocycles. The number of methoxy groups -OCH3 is 3. The molecule has 1 aliphatic rings. The minimum atomic E-state index is -0.672. The van der Waals surface area contributed by atoms with Gasteiger partial charge < -0.3 is 19.1 Å². The monoisotopic (exact) mass is 352 g/mol. The number of carbonyl (C=O) groups is 2. The number of hydrogen-bond donors (Lipinski definition) is 0. The van der Waals surface area contributed by atoms with Crippen LogP contribution in [0.25, 0.3) is 0 Å². The molecule has 1 amide bonds. The van der Waals surface area contributed by atoms with Crippen molar-refractivity contribution in [3.05, 3.63) is 47.0 Å². The van der Waals surface area contributed by atoms with Gasteiger partial charge in [0.25, 0.3) is 11.7 Å². The number of hydrogen-bond acceptors (Lipinski definition) is 6. The molecule has 7 nitrogen and oxygen atoms in total. The maximum absolute atomic E-state index is 12.6. The summed E-state index contributed by atoms with van der Waals surface area (Å²) in [5, 5.41) is 9.04. The van der Waals surface area contributed by atoms with E-state index in [4.69, 9.17) is 19.5 Å². The fourth-order valence-electron chi connectivity index (χ4n) is 2.99. The number of Topliss-reactive ketones (excluding diaryl/α,β-unsaturated/α-hetero) is 1. The smallest absolute Gasteiger partial charge is 0.299 e. The molecule has 0 aliphatic carbocycles. The molecule has 0 atom stereocenters. The lowest BCUT2D eigenvalue weighted by molar-refractivity contribution is -0.114. The van der Waals surface area contributed by atoms with Gasteiger partial charge in [0.1, 0.15) is 0 Å². The van der Waals surface area contributed by atoms with Crippen molar-refractivity contribution in [2.45, 2.75) is 6.54 Å². The van der Waals surface area contributed by atoms with Gasteiger partial charge in [0, 0.05) is 6.07 Å². The Morgan fingerprint density at radius 1 is 1.04 bits per heavy atom. The Kier molecular flexibility index (Phi) is 4.50. The molecule has 3 rings (SSSR count). The molecule has 0 aromatic heterocycles. The van der Waals surface area contributed by atoms with Crippen molar-refractivity contribution in [1.82, 2.24) is 0 Å². The number of nitrogens with zero attached hydrogens (tertiary/aromatic N) is 2. The molecule has 0 saturated heterocycles. The number of amides is 1. The molecule has 0 saturated carbocycles. The van der Waals surface area contributed by atoms with Crippen molar-refractivity contribution < 1.29 is 23.8 Å². The first-order chi connectivity index (χ1) is 12.5. The molecule has 0 N–H and O–H groups in total. The number of ether oxygens (including phenoxy) is 3. The van der Waals surface area contributed by atoms with Gasteiger partial charge in [-0.2, -0.15) is 5.26 Å². The second-order valence-electron chi connectivity index (χ2n) is 5.57. The van der Waals surface area contributed by atoms with Crippen LogP contribution in [0.1, 0.15) is 21.5 Å². The Labute approximate surface area is 150 Å². The Bertz CT molecular complexity index is 946. The third-order valence-electron chi connectivity index (χ3n) is 4.16. The number of carbonyl (C=O) groups excluding carboxylic acids is 2. The van der Waals surface area contributed by atoms with Gasteiger partial charge in [-0.15, -0.1) is 0 Å². The summed E-state index contributed by atoms with van der Waals surface area (Å²) >= 11 is 0. The summed E-state index contributed by atoms with van der Waals surface area (Å²) in [5.41, 5.74) is 1.74. The zero-order valence-corrected chi connectivity index (χ0v) is 14.5. The van der Waals surface area contributed by atoms with E-state index in [0.29, 0.717) is 17.0 Å².